The third-order valence-corrected chi connectivity index (χ3v) is 2.82. The quantitative estimate of drug-likeness (QED) is 0.680. The van der Waals surface area contributed by atoms with Crippen molar-refractivity contribution >= 4 is 11.5 Å². The maximum atomic E-state index is 10.5. The molecule has 0 amide bonds. The molecule has 0 spiro atoms. The standard InChI is InChI=1S/C14H12N4O2/c1-10-2-7-14(17-13(10)8-15)16-9-11-3-5-12(6-4-11)18(19)20/h2-7H,9H2,1H3,(H,16,17). The molecule has 0 unspecified atom stereocenters. The minimum absolute atomic E-state index is 0.0639. The Morgan fingerprint density at radius 3 is 2.60 bits per heavy atom. The summed E-state index contributed by atoms with van der Waals surface area (Å²) >= 11 is 0. The Balaban J connectivity index is 2.05. The molecule has 1 heterocycles. The zero-order valence-electron chi connectivity index (χ0n) is 10.8. The first-order valence-corrected chi connectivity index (χ1v) is 5.95. The van der Waals surface area contributed by atoms with Crippen LogP contribution in [-0.2, 0) is 6.54 Å². The number of nitrogens with zero attached hydrogens (tertiary/aromatic N) is 3. The second-order valence-electron chi connectivity index (χ2n) is 4.25. The highest BCUT2D eigenvalue weighted by Crippen LogP contribution is 2.14. The van der Waals surface area contributed by atoms with E-state index in [-0.39, 0.29) is 5.69 Å². The number of benzene rings is 1. The summed E-state index contributed by atoms with van der Waals surface area (Å²) < 4.78 is 0. The molecule has 1 aromatic carbocycles. The molecule has 100 valence electrons. The van der Waals surface area contributed by atoms with Gasteiger partial charge in [-0.15, -0.1) is 0 Å². The first-order valence-electron chi connectivity index (χ1n) is 5.95. The average molecular weight is 268 g/mol. The average Bonchev–Trinajstić information content (AvgIpc) is 2.46. The van der Waals surface area contributed by atoms with Crippen LogP contribution in [0.25, 0.3) is 0 Å². The van der Waals surface area contributed by atoms with Crippen molar-refractivity contribution in [1.29, 1.82) is 5.26 Å². The molecule has 0 saturated carbocycles. The van der Waals surface area contributed by atoms with Crippen LogP contribution >= 0.6 is 0 Å². The molecule has 0 atom stereocenters. The lowest BCUT2D eigenvalue weighted by Crippen LogP contribution is -2.03. The number of rotatable bonds is 4. The SMILES string of the molecule is Cc1ccc(NCc2ccc([N+](=O)[O-])cc2)nc1C#N. The van der Waals surface area contributed by atoms with Gasteiger partial charge in [0.15, 0.2) is 0 Å². The minimum Gasteiger partial charge on any atom is -0.366 e. The number of non-ortho nitro benzene ring substituents is 1. The van der Waals surface area contributed by atoms with Crippen LogP contribution in [0.4, 0.5) is 11.5 Å². The molecule has 0 radical (unpaired) electrons. The van der Waals surface area contributed by atoms with Crippen molar-refractivity contribution in [3.63, 3.8) is 0 Å². The van der Waals surface area contributed by atoms with Crippen LogP contribution in [0, 0.1) is 28.4 Å². The molecular weight excluding hydrogens is 256 g/mol. The maximum absolute atomic E-state index is 10.5. The number of pyridine rings is 1. The smallest absolute Gasteiger partial charge is 0.269 e. The molecular formula is C14H12N4O2. The molecule has 20 heavy (non-hydrogen) atoms. The summed E-state index contributed by atoms with van der Waals surface area (Å²) in [7, 11) is 0. The minimum atomic E-state index is -0.433. The summed E-state index contributed by atoms with van der Waals surface area (Å²) in [5, 5.41) is 22.5. The fourth-order valence-electron chi connectivity index (χ4n) is 1.67. The number of hydrogen-bond acceptors (Lipinski definition) is 5. The van der Waals surface area contributed by atoms with E-state index in [1.165, 1.54) is 12.1 Å². The largest absolute Gasteiger partial charge is 0.366 e. The second kappa shape index (κ2) is 5.80. The van der Waals surface area contributed by atoms with Crippen molar-refractivity contribution in [3.8, 4) is 6.07 Å². The number of nitro benzene ring substituents is 1. The van der Waals surface area contributed by atoms with Crippen LogP contribution in [0.3, 0.4) is 0 Å². The molecule has 0 saturated heterocycles. The van der Waals surface area contributed by atoms with Gasteiger partial charge in [0.2, 0.25) is 0 Å². The first kappa shape index (κ1) is 13.5. The van der Waals surface area contributed by atoms with E-state index >= 15 is 0 Å². The van der Waals surface area contributed by atoms with Gasteiger partial charge >= 0.3 is 0 Å². The fraction of sp³-hybridized carbons (Fsp3) is 0.143. The zero-order chi connectivity index (χ0) is 14.5. The molecule has 6 heteroatoms. The van der Waals surface area contributed by atoms with E-state index in [2.05, 4.69) is 10.3 Å². The van der Waals surface area contributed by atoms with Gasteiger partial charge in [0, 0.05) is 18.7 Å². The van der Waals surface area contributed by atoms with Gasteiger partial charge in [0.1, 0.15) is 17.6 Å². The van der Waals surface area contributed by atoms with Gasteiger partial charge in [-0.05, 0) is 24.1 Å². The van der Waals surface area contributed by atoms with Crippen molar-refractivity contribution in [1.82, 2.24) is 4.98 Å². The number of anilines is 1. The maximum Gasteiger partial charge on any atom is 0.269 e. The normalized spacial score (nSPS) is 9.80. The third-order valence-electron chi connectivity index (χ3n) is 2.82. The number of hydrogen-bond donors (Lipinski definition) is 1. The first-order chi connectivity index (χ1) is 9.60. The van der Waals surface area contributed by atoms with Crippen molar-refractivity contribution < 1.29 is 4.92 Å². The lowest BCUT2D eigenvalue weighted by atomic mass is 10.2. The molecule has 0 aliphatic carbocycles. The number of aromatic nitrogens is 1. The Labute approximate surface area is 115 Å². The summed E-state index contributed by atoms with van der Waals surface area (Å²) in [6.45, 7) is 2.31. The van der Waals surface area contributed by atoms with Crippen LogP contribution in [-0.4, -0.2) is 9.91 Å². The Morgan fingerprint density at radius 2 is 2.00 bits per heavy atom. The summed E-state index contributed by atoms with van der Waals surface area (Å²) in [5.74, 6) is 0.602. The van der Waals surface area contributed by atoms with Crippen LogP contribution in [0.5, 0.6) is 0 Å². The van der Waals surface area contributed by atoms with Gasteiger partial charge < -0.3 is 5.32 Å². The lowest BCUT2D eigenvalue weighted by Gasteiger charge is -2.06. The third kappa shape index (κ3) is 3.09. The van der Waals surface area contributed by atoms with Gasteiger partial charge in [0.05, 0.1) is 4.92 Å². The van der Waals surface area contributed by atoms with Gasteiger partial charge in [-0.25, -0.2) is 4.98 Å². The fourth-order valence-corrected chi connectivity index (χ4v) is 1.67. The van der Waals surface area contributed by atoms with Crippen molar-refractivity contribution in [2.45, 2.75) is 13.5 Å². The molecule has 0 aliphatic rings. The highest BCUT2D eigenvalue weighted by molar-refractivity contribution is 5.43. The Morgan fingerprint density at radius 1 is 1.30 bits per heavy atom. The molecule has 0 aliphatic heterocycles. The predicted molar refractivity (Wildman–Crippen MR) is 74.1 cm³/mol. The molecule has 0 bridgehead atoms. The Bertz CT molecular complexity index is 675. The van der Waals surface area contributed by atoms with E-state index in [0.29, 0.717) is 18.1 Å². The molecule has 2 aromatic rings. The predicted octanol–water partition coefficient (Wildman–Crippen LogP) is 2.78. The Hall–Kier alpha value is -2.94. The summed E-state index contributed by atoms with van der Waals surface area (Å²) in [6.07, 6.45) is 0. The number of aryl methyl sites for hydroxylation is 1. The van der Waals surface area contributed by atoms with Gasteiger partial charge in [-0.1, -0.05) is 18.2 Å². The number of nitro groups is 1. The second-order valence-corrected chi connectivity index (χ2v) is 4.25. The van der Waals surface area contributed by atoms with Crippen LogP contribution in [0.1, 0.15) is 16.8 Å². The molecule has 0 fully saturated rings. The highest BCUT2D eigenvalue weighted by atomic mass is 16.6. The topological polar surface area (TPSA) is 91.8 Å². The summed E-state index contributed by atoms with van der Waals surface area (Å²) in [5.41, 5.74) is 2.18. The van der Waals surface area contributed by atoms with Gasteiger partial charge in [-0.2, -0.15) is 5.26 Å². The van der Waals surface area contributed by atoms with Crippen LogP contribution < -0.4 is 5.32 Å². The monoisotopic (exact) mass is 268 g/mol. The van der Waals surface area contributed by atoms with Crippen molar-refractivity contribution in [3.05, 3.63) is 63.3 Å². The number of nitrogens with one attached hydrogen (secondary N) is 1. The van der Waals surface area contributed by atoms with Crippen LogP contribution in [0.2, 0.25) is 0 Å². The van der Waals surface area contributed by atoms with E-state index < -0.39 is 4.92 Å². The van der Waals surface area contributed by atoms with Crippen LogP contribution in [0.15, 0.2) is 36.4 Å². The Kier molecular flexibility index (Phi) is 3.91. The van der Waals surface area contributed by atoms with Crippen molar-refractivity contribution in [2.24, 2.45) is 0 Å². The molecule has 2 rings (SSSR count). The zero-order valence-corrected chi connectivity index (χ0v) is 10.8. The molecule has 6 nitrogen and oxygen atoms in total. The highest BCUT2D eigenvalue weighted by Gasteiger charge is 2.04. The molecule has 1 N–H and O–H groups in total. The van der Waals surface area contributed by atoms with E-state index in [1.807, 2.05) is 19.1 Å². The van der Waals surface area contributed by atoms with E-state index in [1.54, 1.807) is 18.2 Å². The summed E-state index contributed by atoms with van der Waals surface area (Å²) in [4.78, 5) is 14.3. The van der Waals surface area contributed by atoms with Gasteiger partial charge in [-0.3, -0.25) is 10.1 Å². The van der Waals surface area contributed by atoms with Gasteiger partial charge in [0.25, 0.3) is 5.69 Å². The van der Waals surface area contributed by atoms with E-state index in [9.17, 15) is 10.1 Å². The molecule has 1 aromatic heterocycles. The lowest BCUT2D eigenvalue weighted by molar-refractivity contribution is -0.384. The van der Waals surface area contributed by atoms with E-state index in [4.69, 9.17) is 5.26 Å². The number of nitriles is 1. The van der Waals surface area contributed by atoms with E-state index in [0.717, 1.165) is 11.1 Å². The van der Waals surface area contributed by atoms with Crippen molar-refractivity contribution in [2.75, 3.05) is 5.32 Å². The summed E-state index contributed by atoms with van der Waals surface area (Å²) in [6, 6.07) is 11.9.